The van der Waals surface area contributed by atoms with E-state index in [2.05, 4.69) is 41.5 Å². The largest absolute Gasteiger partial charge is 0.397 e. The predicted molar refractivity (Wildman–Crippen MR) is 114 cm³/mol. The molecule has 0 rings (SSSR count). The zero-order valence-electron chi connectivity index (χ0n) is 16.4. The summed E-state index contributed by atoms with van der Waals surface area (Å²) in [5.41, 5.74) is 1.15. The van der Waals surface area contributed by atoms with Crippen molar-refractivity contribution >= 4 is 40.2 Å². The van der Waals surface area contributed by atoms with Gasteiger partial charge in [-0.25, -0.2) is 0 Å². The molecule has 4 nitrogen and oxygen atoms in total. The van der Waals surface area contributed by atoms with Crippen LogP contribution in [0.15, 0.2) is 0 Å². The smallest absolute Gasteiger partial charge is 0.324 e. The minimum Gasteiger partial charge on any atom is -0.397 e. The summed E-state index contributed by atoms with van der Waals surface area (Å²) in [6, 6.07) is 0. The topological polar surface area (TPSA) is 36.9 Å². The molecule has 0 saturated carbocycles. The fourth-order valence-electron chi connectivity index (χ4n) is 2.27. The second-order valence-corrected chi connectivity index (χ2v) is 13.5. The van der Waals surface area contributed by atoms with Crippen molar-refractivity contribution in [2.45, 2.75) is 65.5 Å². The summed E-state index contributed by atoms with van der Waals surface area (Å²) < 4.78 is 23.2. The Kier molecular flexibility index (Phi) is 18.1. The van der Waals surface area contributed by atoms with E-state index in [4.69, 9.17) is 17.7 Å². The highest BCUT2D eigenvalue weighted by Gasteiger charge is 2.22. The predicted octanol–water partition coefficient (Wildman–Crippen LogP) is 4.52. The molecule has 0 aromatic carbocycles. The summed E-state index contributed by atoms with van der Waals surface area (Å²) in [7, 11) is 0.989. The number of hydrogen-bond acceptors (Lipinski definition) is 6. The maximum atomic E-state index is 5.80. The van der Waals surface area contributed by atoms with E-state index in [1.54, 1.807) is 0 Å². The molecule has 0 aromatic rings. The first-order chi connectivity index (χ1) is 11.6. The molecule has 0 aliphatic heterocycles. The second-order valence-electron chi connectivity index (χ2n) is 5.73. The summed E-state index contributed by atoms with van der Waals surface area (Å²) >= 11 is 0. The molecule has 0 N–H and O–H groups in total. The molecule has 2 unspecified atom stereocenters. The zero-order chi connectivity index (χ0) is 18.2. The Labute approximate surface area is 161 Å². The maximum Gasteiger partial charge on any atom is 0.324 e. The fourth-order valence-corrected chi connectivity index (χ4v) is 8.91. The first-order valence-electron chi connectivity index (χ1n) is 9.31. The Morgan fingerprint density at radius 3 is 1.17 bits per heavy atom. The molecular formula is C16H38O4S2Si2. The third kappa shape index (κ3) is 12.3. The molecule has 146 valence electrons. The van der Waals surface area contributed by atoms with Gasteiger partial charge in [0.15, 0.2) is 0 Å². The molecule has 0 heterocycles. The van der Waals surface area contributed by atoms with Crippen molar-refractivity contribution in [1.82, 2.24) is 0 Å². The molecule has 0 bridgehead atoms. The van der Waals surface area contributed by atoms with Crippen molar-refractivity contribution in [3.05, 3.63) is 0 Å². The Balaban J connectivity index is 3.81. The lowest BCUT2D eigenvalue weighted by Crippen LogP contribution is -2.28. The normalized spacial score (nSPS) is 14.5. The SMILES string of the molecule is CCO[SiH](OCC)C(C)CCSSCCC(C)[SiH](OCC)OCC. The van der Waals surface area contributed by atoms with Gasteiger partial charge in [0.25, 0.3) is 0 Å². The molecule has 0 amide bonds. The van der Waals surface area contributed by atoms with Gasteiger partial charge in [-0.2, -0.15) is 0 Å². The quantitative estimate of drug-likeness (QED) is 0.198. The van der Waals surface area contributed by atoms with Crippen LogP contribution in [0.25, 0.3) is 0 Å². The lowest BCUT2D eigenvalue weighted by molar-refractivity contribution is 0.204. The Bertz CT molecular complexity index is 240. The highest BCUT2D eigenvalue weighted by Crippen LogP contribution is 2.29. The van der Waals surface area contributed by atoms with Gasteiger partial charge in [-0.05, 0) is 51.6 Å². The van der Waals surface area contributed by atoms with Crippen molar-refractivity contribution in [2.24, 2.45) is 0 Å². The van der Waals surface area contributed by atoms with Crippen molar-refractivity contribution in [2.75, 3.05) is 37.9 Å². The van der Waals surface area contributed by atoms with Crippen molar-refractivity contribution in [3.63, 3.8) is 0 Å². The number of hydrogen-bond donors (Lipinski definition) is 0. The average molecular weight is 415 g/mol. The van der Waals surface area contributed by atoms with E-state index in [1.165, 1.54) is 24.3 Å². The highest BCUT2D eigenvalue weighted by molar-refractivity contribution is 8.76. The van der Waals surface area contributed by atoms with Gasteiger partial charge in [0.2, 0.25) is 0 Å². The van der Waals surface area contributed by atoms with Crippen LogP contribution in [0, 0.1) is 0 Å². The minimum atomic E-state index is -1.48. The van der Waals surface area contributed by atoms with Gasteiger partial charge in [0.1, 0.15) is 0 Å². The minimum absolute atomic E-state index is 0.574. The summed E-state index contributed by atoms with van der Waals surface area (Å²) in [6.07, 6.45) is 2.36. The molecule has 0 saturated heterocycles. The molecule has 0 aliphatic rings. The Morgan fingerprint density at radius 1 is 0.625 bits per heavy atom. The van der Waals surface area contributed by atoms with Crippen LogP contribution in [0.5, 0.6) is 0 Å². The van der Waals surface area contributed by atoms with E-state index in [0.29, 0.717) is 11.1 Å². The molecule has 0 aliphatic carbocycles. The molecule has 0 radical (unpaired) electrons. The lowest BCUT2D eigenvalue weighted by Gasteiger charge is -2.22. The zero-order valence-corrected chi connectivity index (χ0v) is 20.4. The maximum absolute atomic E-state index is 5.80. The van der Waals surface area contributed by atoms with Crippen molar-refractivity contribution in [1.29, 1.82) is 0 Å². The summed E-state index contributed by atoms with van der Waals surface area (Å²) in [6.45, 7) is 15.8. The fraction of sp³-hybridized carbons (Fsp3) is 1.00. The van der Waals surface area contributed by atoms with Crippen LogP contribution in [0.4, 0.5) is 0 Å². The van der Waals surface area contributed by atoms with Crippen molar-refractivity contribution < 1.29 is 17.7 Å². The van der Waals surface area contributed by atoms with Crippen molar-refractivity contribution in [3.8, 4) is 0 Å². The van der Waals surface area contributed by atoms with Crippen LogP contribution in [0.1, 0.15) is 54.4 Å². The van der Waals surface area contributed by atoms with Crippen LogP contribution in [0.3, 0.4) is 0 Å². The van der Waals surface area contributed by atoms with Gasteiger partial charge >= 0.3 is 18.6 Å². The van der Waals surface area contributed by atoms with Gasteiger partial charge in [-0.3, -0.25) is 0 Å². The molecule has 0 aromatic heterocycles. The first kappa shape index (κ1) is 25.0. The lowest BCUT2D eigenvalue weighted by atomic mass is 10.4. The Hall–Kier alpha value is 0.974. The van der Waals surface area contributed by atoms with E-state index < -0.39 is 18.6 Å². The molecule has 24 heavy (non-hydrogen) atoms. The van der Waals surface area contributed by atoms with Crippen LogP contribution in [-0.2, 0) is 17.7 Å². The second kappa shape index (κ2) is 17.4. The third-order valence-electron chi connectivity index (χ3n) is 3.65. The monoisotopic (exact) mass is 414 g/mol. The van der Waals surface area contributed by atoms with E-state index in [-0.39, 0.29) is 0 Å². The highest BCUT2D eigenvalue weighted by atomic mass is 33.1. The van der Waals surface area contributed by atoms with Gasteiger partial charge in [-0.1, -0.05) is 35.4 Å². The molecule has 2 atom stereocenters. The van der Waals surface area contributed by atoms with Gasteiger partial charge in [0.05, 0.1) is 0 Å². The van der Waals surface area contributed by atoms with E-state index in [9.17, 15) is 0 Å². The van der Waals surface area contributed by atoms with Crippen LogP contribution >= 0.6 is 21.6 Å². The molecular weight excluding hydrogens is 376 g/mol. The van der Waals surface area contributed by atoms with Gasteiger partial charge < -0.3 is 17.7 Å². The van der Waals surface area contributed by atoms with Crippen LogP contribution in [-0.4, -0.2) is 56.5 Å². The standard InChI is InChI=1S/C16H38O4S2Si2/c1-7-17-23(18-8-2)15(5)11-13-21-22-14-12-16(6)24(19-9-3)20-10-4/h15-16,23-24H,7-14H2,1-6H3. The van der Waals surface area contributed by atoms with E-state index in [1.807, 2.05) is 21.6 Å². The van der Waals surface area contributed by atoms with Gasteiger partial charge in [-0.15, -0.1) is 0 Å². The average Bonchev–Trinajstić information content (AvgIpc) is 2.57. The van der Waals surface area contributed by atoms with Crippen LogP contribution < -0.4 is 0 Å². The van der Waals surface area contributed by atoms with E-state index >= 15 is 0 Å². The summed E-state index contributed by atoms with van der Waals surface area (Å²) in [5.74, 6) is 2.34. The van der Waals surface area contributed by atoms with E-state index in [0.717, 1.165) is 26.4 Å². The third-order valence-corrected chi connectivity index (χ3v) is 11.3. The summed E-state index contributed by atoms with van der Waals surface area (Å²) in [5, 5.41) is 0. The van der Waals surface area contributed by atoms with Gasteiger partial charge in [0, 0.05) is 37.9 Å². The molecule has 0 spiro atoms. The summed E-state index contributed by atoms with van der Waals surface area (Å²) in [4.78, 5) is 0. The number of rotatable bonds is 17. The molecule has 8 heteroatoms. The van der Waals surface area contributed by atoms with Crippen LogP contribution in [0.2, 0.25) is 11.1 Å². The first-order valence-corrected chi connectivity index (χ1v) is 15.0. The molecule has 0 fully saturated rings. The Morgan fingerprint density at radius 2 is 0.917 bits per heavy atom.